The summed E-state index contributed by atoms with van der Waals surface area (Å²) in [5.74, 6) is -1.19. The van der Waals surface area contributed by atoms with E-state index in [2.05, 4.69) is 10.3 Å². The van der Waals surface area contributed by atoms with Crippen LogP contribution >= 0.6 is 0 Å². The lowest BCUT2D eigenvalue weighted by atomic mass is 9.81. The van der Waals surface area contributed by atoms with Crippen molar-refractivity contribution in [2.75, 3.05) is 13.1 Å². The number of aromatic nitrogens is 2. The van der Waals surface area contributed by atoms with E-state index in [9.17, 15) is 19.1 Å². The maximum absolute atomic E-state index is 14.3. The summed E-state index contributed by atoms with van der Waals surface area (Å²) in [7, 11) is 0. The number of nitrogens with zero attached hydrogens (tertiary/aromatic N) is 3. The quantitative estimate of drug-likeness (QED) is 0.863. The molecule has 7 nitrogen and oxygen atoms in total. The first kappa shape index (κ1) is 17.5. The van der Waals surface area contributed by atoms with Gasteiger partial charge in [-0.15, -0.1) is 0 Å². The number of halogens is 1. The van der Waals surface area contributed by atoms with E-state index in [-0.39, 0.29) is 25.0 Å². The third-order valence-corrected chi connectivity index (χ3v) is 5.82. The van der Waals surface area contributed by atoms with Crippen molar-refractivity contribution in [3.63, 3.8) is 0 Å². The predicted molar refractivity (Wildman–Crippen MR) is 94.7 cm³/mol. The lowest BCUT2D eigenvalue weighted by Gasteiger charge is -2.23. The maximum atomic E-state index is 14.3. The number of fused-ring (bicyclic) bond motifs is 1. The van der Waals surface area contributed by atoms with Crippen LogP contribution in [0.3, 0.4) is 0 Å². The maximum Gasteiger partial charge on any atom is 0.317 e. The SMILES string of the molecule is O=C(NCc1ccc(-n2ccnc2)c(F)c1)N1C[C@@H]2CCC[C@@]2(C(=O)O)C1. The van der Waals surface area contributed by atoms with Gasteiger partial charge in [0.15, 0.2) is 0 Å². The number of imidazole rings is 1. The normalized spacial score (nSPS) is 24.0. The van der Waals surface area contributed by atoms with E-state index in [1.807, 2.05) is 0 Å². The van der Waals surface area contributed by atoms with E-state index in [0.717, 1.165) is 12.8 Å². The highest BCUT2D eigenvalue weighted by Gasteiger charge is 2.55. The fourth-order valence-electron chi connectivity index (χ4n) is 4.35. The van der Waals surface area contributed by atoms with Gasteiger partial charge in [-0.05, 0) is 36.5 Å². The number of benzene rings is 1. The van der Waals surface area contributed by atoms with E-state index in [4.69, 9.17) is 0 Å². The van der Waals surface area contributed by atoms with Crippen molar-refractivity contribution >= 4 is 12.0 Å². The van der Waals surface area contributed by atoms with Crippen molar-refractivity contribution in [1.82, 2.24) is 19.8 Å². The number of amides is 2. The van der Waals surface area contributed by atoms with Crippen LogP contribution in [0.15, 0.2) is 36.9 Å². The fourth-order valence-corrected chi connectivity index (χ4v) is 4.35. The van der Waals surface area contributed by atoms with Crippen LogP contribution < -0.4 is 5.32 Å². The number of hydrogen-bond donors (Lipinski definition) is 2. The molecule has 8 heteroatoms. The molecule has 142 valence electrons. The summed E-state index contributed by atoms with van der Waals surface area (Å²) in [5, 5.41) is 12.4. The molecule has 1 saturated heterocycles. The van der Waals surface area contributed by atoms with Gasteiger partial charge < -0.3 is 19.9 Å². The second kappa shape index (κ2) is 6.68. The largest absolute Gasteiger partial charge is 0.481 e. The van der Waals surface area contributed by atoms with E-state index in [1.54, 1.807) is 34.0 Å². The standard InChI is InChI=1S/C19H21FN4O3/c20-15-8-13(3-4-16(15)23-7-6-21-12-23)9-22-18(27)24-10-14-2-1-5-19(14,11-24)17(25)26/h3-4,6-8,12,14H,1-2,5,9-11H2,(H,22,27)(H,25,26)/t14-,19+/m0/s1. The molecule has 4 rings (SSSR count). The number of likely N-dealkylation sites (tertiary alicyclic amines) is 1. The van der Waals surface area contributed by atoms with Gasteiger partial charge in [-0.1, -0.05) is 12.5 Å². The van der Waals surface area contributed by atoms with Crippen LogP contribution in [-0.4, -0.2) is 44.6 Å². The number of rotatable bonds is 4. The number of urea groups is 1. The summed E-state index contributed by atoms with van der Waals surface area (Å²) >= 11 is 0. The second-order valence-electron chi connectivity index (χ2n) is 7.35. The van der Waals surface area contributed by atoms with Crippen molar-refractivity contribution in [2.24, 2.45) is 11.3 Å². The Hall–Kier alpha value is -2.90. The molecule has 2 aromatic rings. The molecule has 2 atom stereocenters. The van der Waals surface area contributed by atoms with Crippen molar-refractivity contribution in [1.29, 1.82) is 0 Å². The van der Waals surface area contributed by atoms with Gasteiger partial charge in [-0.2, -0.15) is 0 Å². The summed E-state index contributed by atoms with van der Waals surface area (Å²) < 4.78 is 15.9. The Labute approximate surface area is 155 Å². The Bertz CT molecular complexity index is 870. The summed E-state index contributed by atoms with van der Waals surface area (Å²) in [6.07, 6.45) is 7.11. The molecular formula is C19H21FN4O3. The van der Waals surface area contributed by atoms with Gasteiger partial charge in [0.05, 0.1) is 17.4 Å². The van der Waals surface area contributed by atoms with Crippen molar-refractivity contribution in [3.8, 4) is 5.69 Å². The molecule has 0 spiro atoms. The molecule has 0 unspecified atom stereocenters. The number of carbonyl (C=O) groups excluding carboxylic acids is 1. The molecule has 2 heterocycles. The zero-order valence-electron chi connectivity index (χ0n) is 14.8. The van der Waals surface area contributed by atoms with Gasteiger partial charge in [-0.3, -0.25) is 4.79 Å². The van der Waals surface area contributed by atoms with Crippen LogP contribution in [0.5, 0.6) is 0 Å². The number of carboxylic acid groups (broad SMARTS) is 1. The van der Waals surface area contributed by atoms with Crippen LogP contribution in [0.2, 0.25) is 0 Å². The molecule has 2 aliphatic rings. The molecule has 0 radical (unpaired) electrons. The van der Waals surface area contributed by atoms with Crippen LogP contribution in [0, 0.1) is 17.2 Å². The van der Waals surface area contributed by atoms with Gasteiger partial charge in [0.2, 0.25) is 0 Å². The van der Waals surface area contributed by atoms with Crippen molar-refractivity contribution < 1.29 is 19.1 Å². The monoisotopic (exact) mass is 372 g/mol. The molecule has 0 bridgehead atoms. The molecular weight excluding hydrogens is 351 g/mol. The predicted octanol–water partition coefficient (Wildman–Crippen LogP) is 2.41. The first-order valence-corrected chi connectivity index (χ1v) is 9.02. The van der Waals surface area contributed by atoms with Gasteiger partial charge in [0, 0.05) is 32.0 Å². The van der Waals surface area contributed by atoms with Gasteiger partial charge in [0.1, 0.15) is 5.82 Å². The molecule has 1 saturated carbocycles. The minimum absolute atomic E-state index is 0.0210. The third kappa shape index (κ3) is 3.05. The topological polar surface area (TPSA) is 87.5 Å². The van der Waals surface area contributed by atoms with Crippen molar-refractivity contribution in [2.45, 2.75) is 25.8 Å². The molecule has 27 heavy (non-hydrogen) atoms. The number of hydrogen-bond acceptors (Lipinski definition) is 3. The zero-order valence-corrected chi connectivity index (χ0v) is 14.8. The van der Waals surface area contributed by atoms with E-state index >= 15 is 0 Å². The van der Waals surface area contributed by atoms with E-state index in [0.29, 0.717) is 24.2 Å². The first-order valence-electron chi connectivity index (χ1n) is 9.02. The fraction of sp³-hybridized carbons (Fsp3) is 0.421. The van der Waals surface area contributed by atoms with Crippen LogP contribution in [0.4, 0.5) is 9.18 Å². The Morgan fingerprint density at radius 2 is 2.26 bits per heavy atom. The Morgan fingerprint density at radius 3 is 2.93 bits per heavy atom. The van der Waals surface area contributed by atoms with E-state index < -0.39 is 17.2 Å². The molecule has 1 aromatic carbocycles. The molecule has 2 N–H and O–H groups in total. The lowest BCUT2D eigenvalue weighted by molar-refractivity contribution is -0.149. The highest BCUT2D eigenvalue weighted by Crippen LogP contribution is 2.48. The average molecular weight is 372 g/mol. The minimum Gasteiger partial charge on any atom is -0.481 e. The number of carboxylic acids is 1. The number of nitrogens with one attached hydrogen (secondary N) is 1. The highest BCUT2D eigenvalue weighted by molar-refractivity contribution is 5.80. The van der Waals surface area contributed by atoms with Crippen molar-refractivity contribution in [3.05, 3.63) is 48.3 Å². The summed E-state index contributed by atoms with van der Waals surface area (Å²) in [5.41, 5.74) is 0.228. The molecule has 1 aliphatic carbocycles. The number of carbonyl (C=O) groups is 2. The molecule has 2 fully saturated rings. The van der Waals surface area contributed by atoms with E-state index in [1.165, 1.54) is 12.4 Å². The van der Waals surface area contributed by atoms with Crippen LogP contribution in [0.1, 0.15) is 24.8 Å². The first-order chi connectivity index (χ1) is 13.0. The highest BCUT2D eigenvalue weighted by atomic mass is 19.1. The Balaban J connectivity index is 1.39. The Kier molecular flexibility index (Phi) is 4.33. The summed E-state index contributed by atoms with van der Waals surface area (Å²) in [6.45, 7) is 0.889. The smallest absolute Gasteiger partial charge is 0.317 e. The molecule has 1 aliphatic heterocycles. The summed E-state index contributed by atoms with van der Waals surface area (Å²) in [6, 6.07) is 4.46. The van der Waals surface area contributed by atoms with Crippen LogP contribution in [0.25, 0.3) is 5.69 Å². The zero-order chi connectivity index (χ0) is 19.0. The minimum atomic E-state index is -0.808. The molecule has 2 amide bonds. The van der Waals surface area contributed by atoms with Crippen LogP contribution in [-0.2, 0) is 11.3 Å². The molecule has 1 aromatic heterocycles. The number of aliphatic carboxylic acids is 1. The lowest BCUT2D eigenvalue weighted by Crippen LogP contribution is -2.41. The van der Waals surface area contributed by atoms with Gasteiger partial charge in [-0.25, -0.2) is 14.2 Å². The third-order valence-electron chi connectivity index (χ3n) is 5.82. The van der Waals surface area contributed by atoms with Gasteiger partial charge >= 0.3 is 12.0 Å². The average Bonchev–Trinajstić information content (AvgIpc) is 3.35. The second-order valence-corrected chi connectivity index (χ2v) is 7.35. The summed E-state index contributed by atoms with van der Waals surface area (Å²) in [4.78, 5) is 29.7. The van der Waals surface area contributed by atoms with Gasteiger partial charge in [0.25, 0.3) is 0 Å². The Morgan fingerprint density at radius 1 is 1.41 bits per heavy atom.